The molecule has 0 aliphatic carbocycles. The topological polar surface area (TPSA) is 37.8 Å². The first-order chi connectivity index (χ1) is 8.35. The van der Waals surface area contributed by atoms with Gasteiger partial charge in [-0.3, -0.25) is 0 Å². The molecule has 1 atom stereocenters. The van der Waals surface area contributed by atoms with Crippen molar-refractivity contribution in [3.05, 3.63) is 36.2 Å². The minimum absolute atomic E-state index is 0.486. The number of nitrogens with zero attached hydrogens (tertiary/aromatic N) is 2. The number of aromatic nitrogens is 2. The second-order valence-corrected chi connectivity index (χ2v) is 4.25. The molecule has 0 saturated heterocycles. The Hall–Kier alpha value is -1.48. The van der Waals surface area contributed by atoms with Crippen molar-refractivity contribution in [2.75, 3.05) is 6.54 Å². The highest BCUT2D eigenvalue weighted by Gasteiger charge is 2.09. The van der Waals surface area contributed by atoms with Gasteiger partial charge >= 0.3 is 0 Å². The van der Waals surface area contributed by atoms with Crippen LogP contribution in [0.25, 0.3) is 10.8 Å². The summed E-state index contributed by atoms with van der Waals surface area (Å²) in [5.74, 6) is 0. The average molecular weight is 229 g/mol. The van der Waals surface area contributed by atoms with Crippen LogP contribution in [0.2, 0.25) is 0 Å². The van der Waals surface area contributed by atoms with E-state index in [0.717, 1.165) is 25.1 Å². The summed E-state index contributed by atoms with van der Waals surface area (Å²) in [7, 11) is 0. The lowest BCUT2D eigenvalue weighted by molar-refractivity contribution is 0.505. The third-order valence-electron chi connectivity index (χ3n) is 3.07. The number of likely N-dealkylation sites (N-methyl/N-ethyl adjacent to an activating group) is 1. The lowest BCUT2D eigenvalue weighted by Crippen LogP contribution is -2.30. The van der Waals surface area contributed by atoms with Crippen molar-refractivity contribution in [1.82, 2.24) is 15.5 Å². The summed E-state index contributed by atoms with van der Waals surface area (Å²) >= 11 is 0. The minimum atomic E-state index is 0.486. The molecule has 0 saturated carbocycles. The zero-order valence-electron chi connectivity index (χ0n) is 10.5. The van der Waals surface area contributed by atoms with Crippen molar-refractivity contribution in [3.8, 4) is 0 Å². The van der Waals surface area contributed by atoms with Crippen LogP contribution < -0.4 is 5.32 Å². The van der Waals surface area contributed by atoms with Crippen molar-refractivity contribution in [3.63, 3.8) is 0 Å². The first-order valence-corrected chi connectivity index (χ1v) is 6.27. The Morgan fingerprint density at radius 2 is 2.06 bits per heavy atom. The highest BCUT2D eigenvalue weighted by atomic mass is 15.1. The second-order valence-electron chi connectivity index (χ2n) is 4.25. The van der Waals surface area contributed by atoms with Gasteiger partial charge in [0.25, 0.3) is 0 Å². The fraction of sp³-hybridized carbons (Fsp3) is 0.429. The normalized spacial score (nSPS) is 12.8. The van der Waals surface area contributed by atoms with Crippen molar-refractivity contribution >= 4 is 10.8 Å². The van der Waals surface area contributed by atoms with Gasteiger partial charge in [0.1, 0.15) is 0 Å². The predicted octanol–water partition coefficient (Wildman–Crippen LogP) is 2.56. The van der Waals surface area contributed by atoms with E-state index in [1.54, 1.807) is 0 Å². The molecule has 1 N–H and O–H groups in total. The van der Waals surface area contributed by atoms with Gasteiger partial charge in [0.05, 0.1) is 11.9 Å². The number of benzene rings is 1. The average Bonchev–Trinajstić information content (AvgIpc) is 2.38. The largest absolute Gasteiger partial charge is 0.314 e. The van der Waals surface area contributed by atoms with Crippen LogP contribution in [0, 0.1) is 0 Å². The third kappa shape index (κ3) is 2.80. The van der Waals surface area contributed by atoms with E-state index in [4.69, 9.17) is 0 Å². The van der Waals surface area contributed by atoms with E-state index in [1.807, 2.05) is 12.3 Å². The van der Waals surface area contributed by atoms with Crippen LogP contribution in [0.1, 0.15) is 26.0 Å². The molecular formula is C14H19N3. The lowest BCUT2D eigenvalue weighted by atomic mass is 10.0. The number of nitrogens with one attached hydrogen (secondary N) is 1. The molecule has 3 nitrogen and oxygen atoms in total. The van der Waals surface area contributed by atoms with Gasteiger partial charge in [-0.25, -0.2) is 0 Å². The SMILES string of the molecule is CCNC(CC)Cc1nncc2ccccc12. The van der Waals surface area contributed by atoms with E-state index in [0.29, 0.717) is 6.04 Å². The Morgan fingerprint density at radius 3 is 2.82 bits per heavy atom. The quantitative estimate of drug-likeness (QED) is 0.856. The second kappa shape index (κ2) is 5.73. The van der Waals surface area contributed by atoms with E-state index in [-0.39, 0.29) is 0 Å². The van der Waals surface area contributed by atoms with E-state index in [1.165, 1.54) is 10.8 Å². The van der Waals surface area contributed by atoms with Crippen molar-refractivity contribution < 1.29 is 0 Å². The third-order valence-corrected chi connectivity index (χ3v) is 3.07. The molecule has 0 radical (unpaired) electrons. The van der Waals surface area contributed by atoms with E-state index in [2.05, 4.69) is 47.6 Å². The maximum absolute atomic E-state index is 4.29. The maximum atomic E-state index is 4.29. The summed E-state index contributed by atoms with van der Waals surface area (Å²) in [6.07, 6.45) is 3.88. The van der Waals surface area contributed by atoms with Crippen LogP contribution in [0.5, 0.6) is 0 Å². The molecule has 0 bridgehead atoms. The molecule has 0 amide bonds. The molecule has 1 unspecified atom stereocenters. The minimum Gasteiger partial charge on any atom is -0.314 e. The molecule has 1 aromatic carbocycles. The Balaban J connectivity index is 2.28. The van der Waals surface area contributed by atoms with Crippen molar-refractivity contribution in [1.29, 1.82) is 0 Å². The summed E-state index contributed by atoms with van der Waals surface area (Å²) in [5.41, 5.74) is 1.09. The highest BCUT2D eigenvalue weighted by molar-refractivity contribution is 5.83. The van der Waals surface area contributed by atoms with E-state index < -0.39 is 0 Å². The van der Waals surface area contributed by atoms with Crippen molar-refractivity contribution in [2.24, 2.45) is 0 Å². The fourth-order valence-corrected chi connectivity index (χ4v) is 2.12. The summed E-state index contributed by atoms with van der Waals surface area (Å²) < 4.78 is 0. The predicted molar refractivity (Wildman–Crippen MR) is 71.0 cm³/mol. The number of fused-ring (bicyclic) bond motifs is 1. The summed E-state index contributed by atoms with van der Waals surface area (Å²) in [5, 5.41) is 14.2. The highest BCUT2D eigenvalue weighted by Crippen LogP contribution is 2.16. The molecule has 1 aromatic heterocycles. The molecule has 17 heavy (non-hydrogen) atoms. The number of hydrogen-bond donors (Lipinski definition) is 1. The summed E-state index contributed by atoms with van der Waals surface area (Å²) in [4.78, 5) is 0. The number of rotatable bonds is 5. The van der Waals surface area contributed by atoms with Gasteiger partial charge in [0, 0.05) is 23.2 Å². The monoisotopic (exact) mass is 229 g/mol. The van der Waals surface area contributed by atoms with Crippen LogP contribution in [0.4, 0.5) is 0 Å². The van der Waals surface area contributed by atoms with Gasteiger partial charge in [-0.15, -0.1) is 0 Å². The fourth-order valence-electron chi connectivity index (χ4n) is 2.12. The van der Waals surface area contributed by atoms with E-state index >= 15 is 0 Å². The zero-order valence-corrected chi connectivity index (χ0v) is 10.5. The molecule has 90 valence electrons. The number of hydrogen-bond acceptors (Lipinski definition) is 3. The summed E-state index contributed by atoms with van der Waals surface area (Å²) in [6.45, 7) is 5.33. The van der Waals surface area contributed by atoms with Crippen LogP contribution in [0.3, 0.4) is 0 Å². The van der Waals surface area contributed by atoms with Gasteiger partial charge in [0.15, 0.2) is 0 Å². The lowest BCUT2D eigenvalue weighted by Gasteiger charge is -2.15. The Morgan fingerprint density at radius 1 is 1.24 bits per heavy atom. The Bertz CT molecular complexity index is 476. The van der Waals surface area contributed by atoms with Gasteiger partial charge < -0.3 is 5.32 Å². The zero-order chi connectivity index (χ0) is 12.1. The molecule has 3 heteroatoms. The maximum Gasteiger partial charge on any atom is 0.0724 e. The summed E-state index contributed by atoms with van der Waals surface area (Å²) in [6, 6.07) is 8.79. The molecule has 2 rings (SSSR count). The van der Waals surface area contributed by atoms with Gasteiger partial charge in [-0.2, -0.15) is 10.2 Å². The van der Waals surface area contributed by atoms with Crippen LogP contribution in [-0.4, -0.2) is 22.8 Å². The molecule has 1 heterocycles. The standard InChI is InChI=1S/C14H19N3/c1-3-12(15-4-2)9-14-13-8-6-5-7-11(13)10-16-17-14/h5-8,10,12,15H,3-4,9H2,1-2H3. The Kier molecular flexibility index (Phi) is 4.04. The van der Waals surface area contributed by atoms with Gasteiger partial charge in [-0.05, 0) is 13.0 Å². The molecule has 0 aliphatic rings. The van der Waals surface area contributed by atoms with Crippen LogP contribution in [0.15, 0.2) is 30.5 Å². The molecule has 0 fully saturated rings. The molecule has 2 aromatic rings. The molecule has 0 aliphatic heterocycles. The van der Waals surface area contributed by atoms with Crippen LogP contribution >= 0.6 is 0 Å². The molecular weight excluding hydrogens is 210 g/mol. The van der Waals surface area contributed by atoms with Gasteiger partial charge in [0.2, 0.25) is 0 Å². The smallest absolute Gasteiger partial charge is 0.0724 e. The first kappa shape index (κ1) is 12.0. The van der Waals surface area contributed by atoms with E-state index in [9.17, 15) is 0 Å². The Labute approximate surface area is 102 Å². The van der Waals surface area contributed by atoms with Gasteiger partial charge in [-0.1, -0.05) is 38.1 Å². The first-order valence-electron chi connectivity index (χ1n) is 6.27. The van der Waals surface area contributed by atoms with Crippen molar-refractivity contribution in [2.45, 2.75) is 32.7 Å². The molecule has 0 spiro atoms. The van der Waals surface area contributed by atoms with Crippen LogP contribution in [-0.2, 0) is 6.42 Å².